The predicted octanol–water partition coefficient (Wildman–Crippen LogP) is 3.91. The minimum atomic E-state index is -4.60. The summed E-state index contributed by atoms with van der Waals surface area (Å²) in [5.41, 5.74) is 0.0257. The lowest BCUT2D eigenvalue weighted by molar-refractivity contribution is -0.124. The van der Waals surface area contributed by atoms with Crippen LogP contribution in [0.5, 0.6) is 5.75 Å². The molecule has 2 aliphatic heterocycles. The summed E-state index contributed by atoms with van der Waals surface area (Å²) in [4.78, 5) is 26.6. The Kier molecular flexibility index (Phi) is 4.23. The first-order valence-electron chi connectivity index (χ1n) is 10.5. The summed E-state index contributed by atoms with van der Waals surface area (Å²) in [6.07, 6.45) is 3.04. The molecule has 0 saturated heterocycles. The van der Waals surface area contributed by atoms with E-state index in [-0.39, 0.29) is 21.8 Å². The Morgan fingerprint density at radius 1 is 0.794 bits per heavy atom. The fourth-order valence-electron chi connectivity index (χ4n) is 5.04. The summed E-state index contributed by atoms with van der Waals surface area (Å²) >= 11 is 0. The number of hydrogen-bond acceptors (Lipinski definition) is 6. The van der Waals surface area contributed by atoms with Crippen LogP contribution in [0.3, 0.4) is 0 Å². The highest BCUT2D eigenvalue weighted by molar-refractivity contribution is 7.86. The normalized spacial score (nSPS) is 22.7. The Balaban J connectivity index is 1.62. The van der Waals surface area contributed by atoms with E-state index >= 15 is 0 Å². The lowest BCUT2D eigenvalue weighted by Crippen LogP contribution is -2.47. The maximum Gasteiger partial charge on any atom is 0.339 e. The fraction of sp³-hybridized carbons (Fsp3) is 0.0769. The van der Waals surface area contributed by atoms with E-state index < -0.39 is 33.4 Å². The van der Waals surface area contributed by atoms with Crippen LogP contribution in [0.4, 0.5) is 0 Å². The molecule has 3 aliphatic rings. The Hall–Kier alpha value is -4.01. The quantitative estimate of drug-likeness (QED) is 0.445. The van der Waals surface area contributed by atoms with Gasteiger partial charge in [-0.3, -0.25) is 9.35 Å². The first kappa shape index (κ1) is 20.6. The highest BCUT2D eigenvalue weighted by Crippen LogP contribution is 2.57. The number of fused-ring (bicyclic) bond motifs is 6. The maximum absolute atomic E-state index is 14.1. The SMILES string of the molecule is O=C1OC2(c3ccccc3OC3=CC=C(c4ccccc4S(=O)(=O)O)C(=O)C32)c2ccccc21. The molecule has 0 aromatic heterocycles. The van der Waals surface area contributed by atoms with Gasteiger partial charge in [0.15, 0.2) is 11.4 Å². The Labute approximate surface area is 194 Å². The van der Waals surface area contributed by atoms with Crippen LogP contribution < -0.4 is 4.74 Å². The van der Waals surface area contributed by atoms with Crippen LogP contribution in [0.25, 0.3) is 5.57 Å². The average Bonchev–Trinajstić information content (AvgIpc) is 3.12. The predicted molar refractivity (Wildman–Crippen MR) is 121 cm³/mol. The number of hydrogen-bond donors (Lipinski definition) is 1. The van der Waals surface area contributed by atoms with Crippen molar-refractivity contribution in [3.05, 3.63) is 113 Å². The number of allylic oxidation sites excluding steroid dienone is 3. The fourth-order valence-corrected chi connectivity index (χ4v) is 5.75. The summed E-state index contributed by atoms with van der Waals surface area (Å²) in [5.74, 6) is -1.41. The number of benzene rings is 3. The molecule has 34 heavy (non-hydrogen) atoms. The summed E-state index contributed by atoms with van der Waals surface area (Å²) in [7, 11) is -4.60. The molecule has 0 amide bonds. The van der Waals surface area contributed by atoms with Crippen LogP contribution in [0, 0.1) is 5.92 Å². The minimum Gasteiger partial charge on any atom is -0.460 e. The third kappa shape index (κ3) is 2.69. The molecule has 0 bridgehead atoms. The zero-order chi connectivity index (χ0) is 23.7. The minimum absolute atomic E-state index is 0.0527. The Morgan fingerprint density at radius 3 is 2.21 bits per heavy atom. The number of rotatable bonds is 2. The number of esters is 1. The van der Waals surface area contributed by atoms with Gasteiger partial charge in [0, 0.05) is 22.3 Å². The molecule has 6 rings (SSSR count). The summed E-state index contributed by atoms with van der Waals surface area (Å²) < 4.78 is 45.9. The number of carbonyl (C=O) groups is 2. The second-order valence-electron chi connectivity index (χ2n) is 8.19. The Morgan fingerprint density at radius 2 is 1.44 bits per heavy atom. The standard InChI is InChI=1S/C26H16O7S/c27-24-16(15-7-2-6-12-22(15)34(29,30)31)13-14-21-23(24)26(19-10-4-5-11-20(19)32-21)18-9-3-1-8-17(18)25(28)33-26/h1-14,23H,(H,29,30,31). The van der Waals surface area contributed by atoms with E-state index in [1.807, 2.05) is 0 Å². The molecule has 2 atom stereocenters. The zero-order valence-electron chi connectivity index (χ0n) is 17.5. The van der Waals surface area contributed by atoms with E-state index in [0.29, 0.717) is 22.4 Å². The van der Waals surface area contributed by atoms with E-state index in [1.165, 1.54) is 24.3 Å². The zero-order valence-corrected chi connectivity index (χ0v) is 18.3. The van der Waals surface area contributed by atoms with E-state index in [1.54, 1.807) is 60.7 Å². The first-order chi connectivity index (χ1) is 16.3. The van der Waals surface area contributed by atoms with Gasteiger partial charge in [0.1, 0.15) is 22.3 Å². The van der Waals surface area contributed by atoms with Gasteiger partial charge >= 0.3 is 5.97 Å². The van der Waals surface area contributed by atoms with E-state index in [2.05, 4.69) is 0 Å². The van der Waals surface area contributed by atoms with Crippen LogP contribution >= 0.6 is 0 Å². The number of para-hydroxylation sites is 1. The molecule has 3 aromatic carbocycles. The molecule has 2 unspecified atom stereocenters. The van der Waals surface area contributed by atoms with Crippen molar-refractivity contribution in [3.8, 4) is 5.75 Å². The first-order valence-corrected chi connectivity index (χ1v) is 11.9. The lowest BCUT2D eigenvalue weighted by Gasteiger charge is -2.43. The van der Waals surface area contributed by atoms with Gasteiger partial charge in [-0.2, -0.15) is 8.42 Å². The van der Waals surface area contributed by atoms with Crippen LogP contribution in [0.2, 0.25) is 0 Å². The van der Waals surface area contributed by atoms with Crippen molar-refractivity contribution < 1.29 is 32.0 Å². The van der Waals surface area contributed by atoms with Crippen molar-refractivity contribution >= 4 is 27.4 Å². The molecular formula is C26H16O7S. The molecule has 3 aromatic rings. The topological polar surface area (TPSA) is 107 Å². The molecule has 1 N–H and O–H groups in total. The molecule has 0 radical (unpaired) electrons. The number of Topliss-reactive ketones (excluding diaryl/α,β-unsaturated/α-hetero) is 1. The number of ether oxygens (including phenoxy) is 2. The van der Waals surface area contributed by atoms with Crippen LogP contribution in [0.15, 0.2) is 95.6 Å². The van der Waals surface area contributed by atoms with Gasteiger partial charge in [-0.15, -0.1) is 0 Å². The molecule has 1 aliphatic carbocycles. The largest absolute Gasteiger partial charge is 0.460 e. The van der Waals surface area contributed by atoms with Crippen molar-refractivity contribution in [2.75, 3.05) is 0 Å². The second kappa shape index (κ2) is 6.99. The highest BCUT2D eigenvalue weighted by atomic mass is 32.2. The van der Waals surface area contributed by atoms with Crippen LogP contribution in [0.1, 0.15) is 27.0 Å². The van der Waals surface area contributed by atoms with Crippen LogP contribution in [-0.4, -0.2) is 24.7 Å². The highest BCUT2D eigenvalue weighted by Gasteiger charge is 2.61. The monoisotopic (exact) mass is 472 g/mol. The van der Waals surface area contributed by atoms with Gasteiger partial charge in [0.25, 0.3) is 10.1 Å². The summed E-state index contributed by atoms with van der Waals surface area (Å²) in [6, 6.07) is 19.6. The van der Waals surface area contributed by atoms with Gasteiger partial charge in [0.05, 0.1) is 5.56 Å². The number of carbonyl (C=O) groups excluding carboxylic acids is 2. The van der Waals surface area contributed by atoms with E-state index in [0.717, 1.165) is 0 Å². The van der Waals surface area contributed by atoms with Crippen LogP contribution in [-0.2, 0) is 25.3 Å². The molecule has 0 fully saturated rings. The van der Waals surface area contributed by atoms with Gasteiger partial charge in [-0.1, -0.05) is 54.6 Å². The second-order valence-corrected chi connectivity index (χ2v) is 9.58. The molecular weight excluding hydrogens is 456 g/mol. The molecule has 2 heterocycles. The van der Waals surface area contributed by atoms with Gasteiger partial charge in [-0.25, -0.2) is 4.79 Å². The third-order valence-electron chi connectivity index (χ3n) is 6.40. The molecule has 8 heteroatoms. The smallest absolute Gasteiger partial charge is 0.339 e. The van der Waals surface area contributed by atoms with Gasteiger partial charge in [-0.05, 0) is 30.4 Å². The van der Waals surface area contributed by atoms with E-state index in [4.69, 9.17) is 9.47 Å². The average molecular weight is 472 g/mol. The molecule has 7 nitrogen and oxygen atoms in total. The van der Waals surface area contributed by atoms with Crippen molar-refractivity contribution in [2.45, 2.75) is 10.5 Å². The van der Waals surface area contributed by atoms with Gasteiger partial charge < -0.3 is 9.47 Å². The Bertz CT molecular complexity index is 1580. The number of ketones is 1. The maximum atomic E-state index is 14.1. The van der Waals surface area contributed by atoms with Crippen molar-refractivity contribution in [1.82, 2.24) is 0 Å². The summed E-state index contributed by atoms with van der Waals surface area (Å²) in [5, 5.41) is 0. The molecule has 0 saturated carbocycles. The van der Waals surface area contributed by atoms with Crippen molar-refractivity contribution in [1.29, 1.82) is 0 Å². The lowest BCUT2D eigenvalue weighted by atomic mass is 9.68. The summed E-state index contributed by atoms with van der Waals surface area (Å²) in [6.45, 7) is 0. The van der Waals surface area contributed by atoms with Gasteiger partial charge in [0.2, 0.25) is 0 Å². The third-order valence-corrected chi connectivity index (χ3v) is 7.32. The molecule has 1 spiro atoms. The van der Waals surface area contributed by atoms with E-state index in [9.17, 15) is 22.6 Å². The van der Waals surface area contributed by atoms with Crippen molar-refractivity contribution in [3.63, 3.8) is 0 Å². The van der Waals surface area contributed by atoms with Crippen molar-refractivity contribution in [2.24, 2.45) is 5.92 Å². The molecule has 168 valence electrons.